The van der Waals surface area contributed by atoms with Crippen LogP contribution in [0.4, 0.5) is 0 Å². The molecule has 0 spiro atoms. The fourth-order valence-corrected chi connectivity index (χ4v) is 2.17. The lowest BCUT2D eigenvalue weighted by molar-refractivity contribution is 0.741. The van der Waals surface area contributed by atoms with Crippen molar-refractivity contribution in [2.45, 2.75) is 13.0 Å². The topological polar surface area (TPSA) is 37.0 Å². The van der Waals surface area contributed by atoms with E-state index in [0.29, 0.717) is 5.11 Å². The molecule has 0 aliphatic rings. The van der Waals surface area contributed by atoms with E-state index in [9.17, 15) is 0 Å². The summed E-state index contributed by atoms with van der Waals surface area (Å²) in [7, 11) is 0. The van der Waals surface area contributed by atoms with Crippen LogP contribution in [-0.4, -0.2) is 16.6 Å². The second-order valence-corrected chi connectivity index (χ2v) is 4.54. The number of hydrogen-bond acceptors (Lipinski definition) is 2. The molecule has 0 fully saturated rings. The lowest BCUT2D eigenvalue weighted by Crippen LogP contribution is -2.38. The standard InChI is InChI=1S/C15H17N3S/c1-2-17-15(19)18-14(12-6-4-3-5-7-12)13-8-10-16-11-9-13/h3-11,14H,2H2,1H3,(H2,17,18,19)/t14-/m1/s1. The van der Waals surface area contributed by atoms with Crippen LogP contribution in [0.2, 0.25) is 0 Å². The van der Waals surface area contributed by atoms with E-state index < -0.39 is 0 Å². The molecule has 0 radical (unpaired) electrons. The second kappa shape index (κ2) is 6.85. The Bertz CT molecular complexity index is 474. The van der Waals surface area contributed by atoms with Crippen LogP contribution in [0, 0.1) is 0 Å². The minimum atomic E-state index is 0.0377. The van der Waals surface area contributed by atoms with Gasteiger partial charge in [-0.3, -0.25) is 4.98 Å². The van der Waals surface area contributed by atoms with E-state index in [4.69, 9.17) is 12.2 Å². The van der Waals surface area contributed by atoms with Crippen molar-refractivity contribution in [2.75, 3.05) is 6.54 Å². The van der Waals surface area contributed by atoms with Crippen molar-refractivity contribution in [3.8, 4) is 0 Å². The van der Waals surface area contributed by atoms with Crippen molar-refractivity contribution in [1.29, 1.82) is 0 Å². The zero-order valence-electron chi connectivity index (χ0n) is 10.8. The van der Waals surface area contributed by atoms with Crippen LogP contribution in [0.3, 0.4) is 0 Å². The van der Waals surface area contributed by atoms with Crippen LogP contribution >= 0.6 is 12.2 Å². The SMILES string of the molecule is CCNC(=S)N[C@H](c1ccccc1)c1ccncc1. The Morgan fingerprint density at radius 3 is 2.37 bits per heavy atom. The molecule has 1 heterocycles. The average molecular weight is 271 g/mol. The number of pyridine rings is 1. The van der Waals surface area contributed by atoms with Crippen molar-refractivity contribution < 1.29 is 0 Å². The van der Waals surface area contributed by atoms with E-state index in [0.717, 1.165) is 12.1 Å². The fourth-order valence-electron chi connectivity index (χ4n) is 1.90. The highest BCUT2D eigenvalue weighted by Gasteiger charge is 2.14. The summed E-state index contributed by atoms with van der Waals surface area (Å²) in [5, 5.41) is 7.12. The van der Waals surface area contributed by atoms with E-state index in [1.807, 2.05) is 37.3 Å². The largest absolute Gasteiger partial charge is 0.363 e. The first kappa shape index (κ1) is 13.5. The van der Waals surface area contributed by atoms with Gasteiger partial charge < -0.3 is 10.6 Å². The molecule has 1 atom stereocenters. The van der Waals surface area contributed by atoms with Gasteiger partial charge in [-0.05, 0) is 42.4 Å². The second-order valence-electron chi connectivity index (χ2n) is 4.13. The molecule has 0 saturated carbocycles. The van der Waals surface area contributed by atoms with Gasteiger partial charge in [-0.2, -0.15) is 0 Å². The Hall–Kier alpha value is -1.94. The molecule has 3 nitrogen and oxygen atoms in total. The van der Waals surface area contributed by atoms with Crippen LogP contribution in [0.15, 0.2) is 54.9 Å². The lowest BCUT2D eigenvalue weighted by atomic mass is 10.00. The highest BCUT2D eigenvalue weighted by molar-refractivity contribution is 7.80. The van der Waals surface area contributed by atoms with E-state index >= 15 is 0 Å². The summed E-state index contributed by atoms with van der Waals surface area (Å²) in [6.45, 7) is 2.83. The first-order valence-electron chi connectivity index (χ1n) is 6.30. The maximum Gasteiger partial charge on any atom is 0.167 e. The van der Waals surface area contributed by atoms with Gasteiger partial charge >= 0.3 is 0 Å². The van der Waals surface area contributed by atoms with E-state index in [-0.39, 0.29) is 6.04 Å². The van der Waals surface area contributed by atoms with Crippen LogP contribution in [0.1, 0.15) is 24.1 Å². The Balaban J connectivity index is 2.26. The fraction of sp³-hybridized carbons (Fsp3) is 0.200. The highest BCUT2D eigenvalue weighted by atomic mass is 32.1. The number of nitrogens with zero attached hydrogens (tertiary/aromatic N) is 1. The molecule has 19 heavy (non-hydrogen) atoms. The van der Waals surface area contributed by atoms with Gasteiger partial charge in [-0.15, -0.1) is 0 Å². The molecule has 2 N–H and O–H groups in total. The summed E-state index contributed by atoms with van der Waals surface area (Å²) in [6.07, 6.45) is 3.59. The first-order chi connectivity index (χ1) is 9.31. The van der Waals surface area contributed by atoms with Crippen molar-refractivity contribution in [3.63, 3.8) is 0 Å². The van der Waals surface area contributed by atoms with Crippen LogP contribution in [0.5, 0.6) is 0 Å². The molecule has 1 aromatic heterocycles. The number of thiocarbonyl (C=S) groups is 1. The van der Waals surface area contributed by atoms with Gasteiger partial charge in [0.1, 0.15) is 0 Å². The monoisotopic (exact) mass is 271 g/mol. The van der Waals surface area contributed by atoms with E-state index in [1.165, 1.54) is 5.56 Å². The lowest BCUT2D eigenvalue weighted by Gasteiger charge is -2.21. The Morgan fingerprint density at radius 2 is 1.74 bits per heavy atom. The van der Waals surface area contributed by atoms with Crippen molar-refractivity contribution in [1.82, 2.24) is 15.6 Å². The van der Waals surface area contributed by atoms with Crippen molar-refractivity contribution in [2.24, 2.45) is 0 Å². The maximum absolute atomic E-state index is 5.29. The third kappa shape index (κ3) is 3.76. The molecule has 0 amide bonds. The normalized spacial score (nSPS) is 11.6. The maximum atomic E-state index is 5.29. The van der Waals surface area contributed by atoms with Crippen molar-refractivity contribution in [3.05, 3.63) is 66.0 Å². The molecule has 0 unspecified atom stereocenters. The number of benzene rings is 1. The number of aromatic nitrogens is 1. The Morgan fingerprint density at radius 1 is 1.11 bits per heavy atom. The summed E-state index contributed by atoms with van der Waals surface area (Å²) in [4.78, 5) is 4.06. The summed E-state index contributed by atoms with van der Waals surface area (Å²) < 4.78 is 0. The molecule has 1 aromatic carbocycles. The molecule has 4 heteroatoms. The predicted molar refractivity (Wildman–Crippen MR) is 81.9 cm³/mol. The molecule has 0 bridgehead atoms. The minimum Gasteiger partial charge on any atom is -0.363 e. The highest BCUT2D eigenvalue weighted by Crippen LogP contribution is 2.21. The molecule has 0 saturated heterocycles. The van der Waals surface area contributed by atoms with Gasteiger partial charge in [0.25, 0.3) is 0 Å². The summed E-state index contributed by atoms with van der Waals surface area (Å²) in [5.41, 5.74) is 2.32. The van der Waals surface area contributed by atoms with E-state index in [2.05, 4.69) is 27.8 Å². The zero-order valence-corrected chi connectivity index (χ0v) is 11.7. The van der Waals surface area contributed by atoms with Crippen molar-refractivity contribution >= 4 is 17.3 Å². The Labute approximate surface area is 119 Å². The third-order valence-corrected chi connectivity index (χ3v) is 3.05. The minimum absolute atomic E-state index is 0.0377. The number of rotatable bonds is 4. The number of hydrogen-bond donors (Lipinski definition) is 2. The number of nitrogens with one attached hydrogen (secondary N) is 2. The van der Waals surface area contributed by atoms with Crippen LogP contribution < -0.4 is 10.6 Å². The molecular formula is C15H17N3S. The summed E-state index contributed by atoms with van der Waals surface area (Å²) in [6, 6.07) is 14.3. The van der Waals surface area contributed by atoms with Gasteiger partial charge in [-0.25, -0.2) is 0 Å². The smallest absolute Gasteiger partial charge is 0.167 e. The van der Waals surface area contributed by atoms with Gasteiger partial charge in [0.15, 0.2) is 5.11 Å². The van der Waals surface area contributed by atoms with E-state index in [1.54, 1.807) is 12.4 Å². The van der Waals surface area contributed by atoms with Crippen LogP contribution in [-0.2, 0) is 0 Å². The predicted octanol–water partition coefficient (Wildman–Crippen LogP) is 2.66. The van der Waals surface area contributed by atoms with Gasteiger partial charge in [0.2, 0.25) is 0 Å². The zero-order chi connectivity index (χ0) is 13.5. The first-order valence-corrected chi connectivity index (χ1v) is 6.71. The molecular weight excluding hydrogens is 254 g/mol. The molecule has 2 aromatic rings. The summed E-state index contributed by atoms with van der Waals surface area (Å²) in [5.74, 6) is 0. The van der Waals surface area contributed by atoms with Crippen LogP contribution in [0.25, 0.3) is 0 Å². The van der Waals surface area contributed by atoms with Gasteiger partial charge in [0.05, 0.1) is 6.04 Å². The quantitative estimate of drug-likeness (QED) is 0.838. The molecule has 0 aliphatic heterocycles. The Kier molecular flexibility index (Phi) is 4.86. The summed E-state index contributed by atoms with van der Waals surface area (Å²) >= 11 is 5.29. The van der Waals surface area contributed by atoms with Gasteiger partial charge in [0, 0.05) is 18.9 Å². The van der Waals surface area contributed by atoms with Gasteiger partial charge in [-0.1, -0.05) is 30.3 Å². The average Bonchev–Trinajstić information content (AvgIpc) is 2.47. The molecule has 2 rings (SSSR count). The molecule has 98 valence electrons. The third-order valence-electron chi connectivity index (χ3n) is 2.79. The molecule has 0 aliphatic carbocycles.